The highest BCUT2D eigenvalue weighted by Crippen LogP contribution is 2.24. The van der Waals surface area contributed by atoms with Crippen LogP contribution in [-0.2, 0) is 4.79 Å². The molecule has 0 aliphatic carbocycles. The quantitative estimate of drug-likeness (QED) is 0.753. The number of carbonyl (C=O) groups excluding carboxylic acids is 2. The monoisotopic (exact) mass is 409 g/mol. The number of alkyl halides is 3. The highest BCUT2D eigenvalue weighted by Gasteiger charge is 2.28. The van der Waals surface area contributed by atoms with E-state index in [2.05, 4.69) is 15.6 Å². The Labute approximate surface area is 166 Å². The first-order valence-corrected chi connectivity index (χ1v) is 8.82. The van der Waals surface area contributed by atoms with Gasteiger partial charge in [0.25, 0.3) is 5.91 Å². The van der Waals surface area contributed by atoms with Gasteiger partial charge >= 0.3 is 6.18 Å². The molecule has 1 atom stereocenters. The molecule has 156 valence electrons. The molecule has 1 heterocycles. The smallest absolute Gasteiger partial charge is 0.422 e. The second kappa shape index (κ2) is 8.93. The third-order valence-electron chi connectivity index (χ3n) is 3.96. The van der Waals surface area contributed by atoms with Crippen LogP contribution in [0.25, 0.3) is 0 Å². The molecule has 0 spiro atoms. The molecule has 1 unspecified atom stereocenters. The number of benzene rings is 1. The van der Waals surface area contributed by atoms with Crippen molar-refractivity contribution in [2.45, 2.75) is 39.9 Å². The van der Waals surface area contributed by atoms with Crippen molar-refractivity contribution in [1.29, 1.82) is 0 Å². The standard InChI is InChI=1S/C20H22F3N3O3/c1-11-7-15(5-6-17(11)29-10-20(21,22)23)19(28)25-13(3)16-8-12(2)24-18(9-16)26-14(4)27/h5-9,13H,10H2,1-4H3,(H,25,28)(H,24,26,27). The van der Waals surface area contributed by atoms with E-state index in [-0.39, 0.29) is 11.7 Å². The van der Waals surface area contributed by atoms with E-state index in [9.17, 15) is 22.8 Å². The van der Waals surface area contributed by atoms with E-state index in [0.29, 0.717) is 22.6 Å². The summed E-state index contributed by atoms with van der Waals surface area (Å²) in [7, 11) is 0. The zero-order valence-corrected chi connectivity index (χ0v) is 16.5. The number of hydrogen-bond acceptors (Lipinski definition) is 4. The number of halogens is 3. The summed E-state index contributed by atoms with van der Waals surface area (Å²) >= 11 is 0. The van der Waals surface area contributed by atoms with Crippen LogP contribution in [0.5, 0.6) is 5.75 Å². The number of aryl methyl sites for hydroxylation is 2. The maximum absolute atomic E-state index is 12.5. The third-order valence-corrected chi connectivity index (χ3v) is 3.96. The van der Waals surface area contributed by atoms with Crippen molar-refractivity contribution in [2.75, 3.05) is 11.9 Å². The third kappa shape index (κ3) is 6.78. The molecule has 0 saturated heterocycles. The van der Waals surface area contributed by atoms with E-state index in [0.717, 1.165) is 5.56 Å². The summed E-state index contributed by atoms with van der Waals surface area (Å²) in [5, 5.41) is 5.43. The fourth-order valence-electron chi connectivity index (χ4n) is 2.67. The number of amides is 2. The Kier molecular flexibility index (Phi) is 6.84. The molecule has 29 heavy (non-hydrogen) atoms. The highest BCUT2D eigenvalue weighted by molar-refractivity contribution is 5.95. The minimum absolute atomic E-state index is 0.0663. The van der Waals surface area contributed by atoms with Gasteiger partial charge in [0.2, 0.25) is 5.91 Å². The van der Waals surface area contributed by atoms with Gasteiger partial charge in [-0.25, -0.2) is 4.98 Å². The molecule has 2 N–H and O–H groups in total. The van der Waals surface area contributed by atoms with Crippen LogP contribution in [0.1, 0.15) is 47.1 Å². The zero-order chi connectivity index (χ0) is 21.8. The van der Waals surface area contributed by atoms with Crippen molar-refractivity contribution in [2.24, 2.45) is 0 Å². The molecule has 1 aromatic carbocycles. The lowest BCUT2D eigenvalue weighted by atomic mass is 10.1. The Morgan fingerprint density at radius 1 is 1.17 bits per heavy atom. The number of anilines is 1. The first-order chi connectivity index (χ1) is 13.4. The van der Waals surface area contributed by atoms with Crippen molar-refractivity contribution >= 4 is 17.6 Å². The van der Waals surface area contributed by atoms with Crippen LogP contribution in [0, 0.1) is 13.8 Å². The normalized spacial score (nSPS) is 12.2. The largest absolute Gasteiger partial charge is 0.484 e. The molecule has 0 aliphatic rings. The molecule has 2 amide bonds. The van der Waals surface area contributed by atoms with Crippen LogP contribution >= 0.6 is 0 Å². The summed E-state index contributed by atoms with van der Waals surface area (Å²) < 4.78 is 41.6. The first kappa shape index (κ1) is 22.2. The van der Waals surface area contributed by atoms with Crippen LogP contribution in [0.15, 0.2) is 30.3 Å². The van der Waals surface area contributed by atoms with E-state index in [4.69, 9.17) is 4.74 Å². The number of ether oxygens (including phenoxy) is 1. The number of nitrogens with one attached hydrogen (secondary N) is 2. The lowest BCUT2D eigenvalue weighted by Gasteiger charge is -2.17. The second-order valence-corrected chi connectivity index (χ2v) is 6.69. The summed E-state index contributed by atoms with van der Waals surface area (Å²) in [6.07, 6.45) is -4.43. The van der Waals surface area contributed by atoms with Gasteiger partial charge in [-0.05, 0) is 62.2 Å². The van der Waals surface area contributed by atoms with E-state index in [1.54, 1.807) is 32.9 Å². The lowest BCUT2D eigenvalue weighted by molar-refractivity contribution is -0.153. The highest BCUT2D eigenvalue weighted by atomic mass is 19.4. The molecule has 2 rings (SSSR count). The fourth-order valence-corrected chi connectivity index (χ4v) is 2.67. The van der Waals surface area contributed by atoms with Crippen LogP contribution in [0.4, 0.5) is 19.0 Å². The minimum atomic E-state index is -4.43. The molecule has 0 bridgehead atoms. The Balaban J connectivity index is 2.10. The van der Waals surface area contributed by atoms with E-state index >= 15 is 0 Å². The maximum atomic E-state index is 12.5. The van der Waals surface area contributed by atoms with Gasteiger partial charge in [0.05, 0.1) is 6.04 Å². The number of nitrogens with zero attached hydrogens (tertiary/aromatic N) is 1. The molecule has 0 radical (unpaired) electrons. The van der Waals surface area contributed by atoms with Crippen molar-refractivity contribution in [3.05, 3.63) is 52.7 Å². The van der Waals surface area contributed by atoms with Gasteiger partial charge in [-0.1, -0.05) is 0 Å². The average molecular weight is 409 g/mol. The molecule has 1 aromatic heterocycles. The molecular formula is C20H22F3N3O3. The van der Waals surface area contributed by atoms with Crippen molar-refractivity contribution in [3.8, 4) is 5.75 Å². The van der Waals surface area contributed by atoms with Gasteiger partial charge in [0.1, 0.15) is 11.6 Å². The van der Waals surface area contributed by atoms with Gasteiger partial charge in [-0.2, -0.15) is 13.2 Å². The summed E-state index contributed by atoms with van der Waals surface area (Å²) in [5.41, 5.74) is 2.13. The van der Waals surface area contributed by atoms with E-state index < -0.39 is 24.7 Å². The molecule has 0 aliphatic heterocycles. The van der Waals surface area contributed by atoms with Crippen molar-refractivity contribution < 1.29 is 27.5 Å². The predicted molar refractivity (Wildman–Crippen MR) is 102 cm³/mol. The van der Waals surface area contributed by atoms with Gasteiger partial charge in [-0.15, -0.1) is 0 Å². The SMILES string of the molecule is CC(=O)Nc1cc(C(C)NC(=O)c2ccc(OCC(F)(F)F)c(C)c2)cc(C)n1. The van der Waals surface area contributed by atoms with Gasteiger partial charge in [-0.3, -0.25) is 9.59 Å². The summed E-state index contributed by atoms with van der Waals surface area (Å²) in [6, 6.07) is 7.27. The predicted octanol–water partition coefficient (Wildman–Crippen LogP) is 4.09. The average Bonchev–Trinajstić information content (AvgIpc) is 2.58. The maximum Gasteiger partial charge on any atom is 0.422 e. The fraction of sp³-hybridized carbons (Fsp3) is 0.350. The summed E-state index contributed by atoms with van der Waals surface area (Å²) in [4.78, 5) is 28.0. The van der Waals surface area contributed by atoms with Crippen LogP contribution < -0.4 is 15.4 Å². The Bertz CT molecular complexity index is 914. The van der Waals surface area contributed by atoms with Gasteiger partial charge < -0.3 is 15.4 Å². The van der Waals surface area contributed by atoms with Crippen molar-refractivity contribution in [1.82, 2.24) is 10.3 Å². The lowest BCUT2D eigenvalue weighted by Crippen LogP contribution is -2.27. The molecule has 2 aromatic rings. The molecule has 9 heteroatoms. The molecule has 0 fully saturated rings. The van der Waals surface area contributed by atoms with Crippen LogP contribution in [0.2, 0.25) is 0 Å². The zero-order valence-electron chi connectivity index (χ0n) is 16.5. The second-order valence-electron chi connectivity index (χ2n) is 6.69. The van der Waals surface area contributed by atoms with Crippen LogP contribution in [0.3, 0.4) is 0 Å². The molecule has 6 nitrogen and oxygen atoms in total. The number of carbonyl (C=O) groups is 2. The van der Waals surface area contributed by atoms with Gasteiger partial charge in [0, 0.05) is 18.2 Å². The van der Waals surface area contributed by atoms with Crippen molar-refractivity contribution in [3.63, 3.8) is 0 Å². The minimum Gasteiger partial charge on any atom is -0.484 e. The number of hydrogen-bond donors (Lipinski definition) is 2. The van der Waals surface area contributed by atoms with E-state index in [1.165, 1.54) is 25.1 Å². The van der Waals surface area contributed by atoms with Gasteiger partial charge in [0.15, 0.2) is 6.61 Å². The van der Waals surface area contributed by atoms with Crippen LogP contribution in [-0.4, -0.2) is 29.6 Å². The molecular weight excluding hydrogens is 387 g/mol. The number of aromatic nitrogens is 1. The summed E-state index contributed by atoms with van der Waals surface area (Å²) in [5.74, 6) is -0.195. The topological polar surface area (TPSA) is 80.3 Å². The Morgan fingerprint density at radius 3 is 2.45 bits per heavy atom. The first-order valence-electron chi connectivity index (χ1n) is 8.82. The van der Waals surface area contributed by atoms with E-state index in [1.807, 2.05) is 0 Å². The number of rotatable bonds is 6. The Morgan fingerprint density at radius 2 is 1.86 bits per heavy atom. The molecule has 0 saturated carbocycles. The Hall–Kier alpha value is -3.10. The number of pyridine rings is 1. The summed E-state index contributed by atoms with van der Waals surface area (Å²) in [6.45, 7) is 5.09.